The van der Waals surface area contributed by atoms with E-state index in [-0.39, 0.29) is 0 Å². The zero-order valence-corrected chi connectivity index (χ0v) is 13.7. The summed E-state index contributed by atoms with van der Waals surface area (Å²) in [6.45, 7) is 0. The Morgan fingerprint density at radius 3 is 0.727 bits per heavy atom. The molecule has 0 aliphatic carbocycles. The van der Waals surface area contributed by atoms with Crippen LogP contribution in [0.5, 0.6) is 0 Å². The van der Waals surface area contributed by atoms with Gasteiger partial charge in [0.15, 0.2) is 0 Å². The van der Waals surface area contributed by atoms with E-state index in [0.29, 0.717) is 0 Å². The van der Waals surface area contributed by atoms with Crippen LogP contribution in [-0.4, -0.2) is 54.7 Å². The van der Waals surface area contributed by atoms with E-state index in [1.54, 1.807) is 0 Å². The summed E-state index contributed by atoms with van der Waals surface area (Å²) in [7, 11) is 0. The third-order valence-corrected chi connectivity index (χ3v) is 3.57. The highest BCUT2D eigenvalue weighted by Crippen LogP contribution is 2.75. The number of hydrogen-bond donors (Lipinski definition) is 0. The minimum Gasteiger partial charge on any atom is -0.240 e. The molecule has 1 nitrogen and oxygen atoms in total. The standard InChI is InChI=1S/C10F22O/c11-2(12,5(17,9(27,28)29)33-10(30,31)32)1(6(18,19)20,3(13,14)7(21,22)23)4(15,16)8(24,25)26. The average Bonchev–Trinajstić information content (AvgIpc) is 2.38. The first-order chi connectivity index (χ1) is 13.7. The van der Waals surface area contributed by atoms with Crippen molar-refractivity contribution in [1.82, 2.24) is 0 Å². The Morgan fingerprint density at radius 2 is 0.576 bits per heavy atom. The Labute approximate surface area is 163 Å². The zero-order chi connectivity index (χ0) is 27.7. The third kappa shape index (κ3) is 4.21. The molecular weight excluding hydrogens is 554 g/mol. The lowest BCUT2D eigenvalue weighted by Gasteiger charge is -2.52. The molecule has 23 heteroatoms. The number of ether oxygens (including phenoxy) is 1. The van der Waals surface area contributed by atoms with Crippen molar-refractivity contribution in [3.63, 3.8) is 0 Å². The summed E-state index contributed by atoms with van der Waals surface area (Å²) in [6, 6.07) is 0. The predicted molar refractivity (Wildman–Crippen MR) is 52.5 cm³/mol. The van der Waals surface area contributed by atoms with Crippen molar-refractivity contribution in [2.24, 2.45) is 5.41 Å². The van der Waals surface area contributed by atoms with Crippen molar-refractivity contribution >= 4 is 0 Å². The Bertz CT molecular complexity index is 671. The van der Waals surface area contributed by atoms with E-state index in [0.717, 1.165) is 4.74 Å². The van der Waals surface area contributed by atoms with E-state index in [2.05, 4.69) is 0 Å². The molecule has 0 rings (SSSR count). The van der Waals surface area contributed by atoms with Gasteiger partial charge in [-0.05, 0) is 0 Å². The Kier molecular flexibility index (Phi) is 7.10. The molecule has 0 N–H and O–H groups in total. The van der Waals surface area contributed by atoms with Crippen LogP contribution in [0.15, 0.2) is 0 Å². The van der Waals surface area contributed by atoms with Crippen LogP contribution in [0.25, 0.3) is 0 Å². The second-order valence-electron chi connectivity index (χ2n) is 5.61. The first kappa shape index (κ1) is 31.4. The lowest BCUT2D eigenvalue weighted by molar-refractivity contribution is -0.559. The molecule has 0 aromatic heterocycles. The van der Waals surface area contributed by atoms with Crippen LogP contribution < -0.4 is 0 Å². The molecule has 0 aromatic carbocycles. The Balaban J connectivity index is 8.35. The quantitative estimate of drug-likeness (QED) is 0.324. The largest absolute Gasteiger partial charge is 0.525 e. The molecule has 0 saturated heterocycles. The van der Waals surface area contributed by atoms with Gasteiger partial charge in [-0.25, -0.2) is 4.74 Å². The van der Waals surface area contributed by atoms with Crippen LogP contribution >= 0.6 is 0 Å². The highest BCUT2D eigenvalue weighted by molar-refractivity contribution is 5.22. The molecule has 0 aromatic rings. The van der Waals surface area contributed by atoms with Gasteiger partial charge in [0.2, 0.25) is 0 Å². The molecule has 0 saturated carbocycles. The minimum absolute atomic E-state index is 0.828. The fourth-order valence-electron chi connectivity index (χ4n) is 2.25. The minimum atomic E-state index is -9.97. The molecule has 0 fully saturated rings. The van der Waals surface area contributed by atoms with E-state index < -0.39 is 60.1 Å². The lowest BCUT2D eigenvalue weighted by Crippen LogP contribution is -2.82. The van der Waals surface area contributed by atoms with Gasteiger partial charge in [-0.3, -0.25) is 0 Å². The second kappa shape index (κ2) is 7.46. The highest BCUT2D eigenvalue weighted by atomic mass is 19.4. The fourth-order valence-corrected chi connectivity index (χ4v) is 2.25. The van der Waals surface area contributed by atoms with Crippen LogP contribution in [0.3, 0.4) is 0 Å². The second-order valence-corrected chi connectivity index (χ2v) is 5.61. The molecule has 0 radical (unpaired) electrons. The molecule has 1 atom stereocenters. The Hall–Kier alpha value is -1.58. The lowest BCUT2D eigenvalue weighted by atomic mass is 9.65. The van der Waals surface area contributed by atoms with Crippen LogP contribution in [0, 0.1) is 5.41 Å². The molecular formula is C10F22O. The van der Waals surface area contributed by atoms with E-state index in [1.165, 1.54) is 0 Å². The molecule has 0 aliphatic rings. The summed E-state index contributed by atoms with van der Waals surface area (Å²) >= 11 is 0. The molecule has 0 aliphatic heterocycles. The smallest absolute Gasteiger partial charge is 0.240 e. The van der Waals surface area contributed by atoms with Gasteiger partial charge in [-0.15, -0.1) is 13.2 Å². The summed E-state index contributed by atoms with van der Waals surface area (Å²) in [6.07, 6.45) is -43.1. The monoisotopic (exact) mass is 554 g/mol. The number of hydrogen-bond acceptors (Lipinski definition) is 1. The van der Waals surface area contributed by atoms with Crippen molar-refractivity contribution in [1.29, 1.82) is 0 Å². The summed E-state index contributed by atoms with van der Waals surface area (Å²) < 4.78 is 283. The molecule has 0 spiro atoms. The SMILES string of the molecule is FC(F)(F)OC(F)(C(F)(F)F)C(F)(F)C(C(F)(F)F)(C(F)(F)C(F)(F)F)C(F)(F)C(F)(F)F. The van der Waals surface area contributed by atoms with Gasteiger partial charge < -0.3 is 0 Å². The Morgan fingerprint density at radius 1 is 0.303 bits per heavy atom. The van der Waals surface area contributed by atoms with E-state index in [9.17, 15) is 96.6 Å². The molecule has 0 heterocycles. The van der Waals surface area contributed by atoms with E-state index >= 15 is 0 Å². The van der Waals surface area contributed by atoms with Crippen LogP contribution in [0.2, 0.25) is 0 Å². The van der Waals surface area contributed by atoms with Gasteiger partial charge in [-0.2, -0.15) is 83.4 Å². The van der Waals surface area contributed by atoms with Crippen molar-refractivity contribution in [3.8, 4) is 0 Å². The maximum Gasteiger partial charge on any atom is 0.525 e. The summed E-state index contributed by atoms with van der Waals surface area (Å²) in [5.74, 6) is -37.8. The van der Waals surface area contributed by atoms with Crippen LogP contribution in [0.4, 0.5) is 96.6 Å². The predicted octanol–water partition coefficient (Wildman–Crippen LogP) is 7.33. The topological polar surface area (TPSA) is 9.23 Å². The maximum absolute atomic E-state index is 14.0. The highest BCUT2D eigenvalue weighted by Gasteiger charge is 3.04. The van der Waals surface area contributed by atoms with E-state index in [1.807, 2.05) is 0 Å². The van der Waals surface area contributed by atoms with Crippen LogP contribution in [-0.2, 0) is 4.74 Å². The van der Waals surface area contributed by atoms with Crippen molar-refractivity contribution in [2.45, 2.75) is 54.7 Å². The fraction of sp³-hybridized carbons (Fsp3) is 1.00. The molecule has 0 amide bonds. The number of halogens is 22. The van der Waals surface area contributed by atoms with Crippen LogP contribution in [0.1, 0.15) is 0 Å². The number of alkyl halides is 22. The van der Waals surface area contributed by atoms with Crippen molar-refractivity contribution in [2.75, 3.05) is 0 Å². The van der Waals surface area contributed by atoms with Gasteiger partial charge >= 0.3 is 54.7 Å². The average molecular weight is 554 g/mol. The molecule has 0 bridgehead atoms. The van der Waals surface area contributed by atoms with Crippen molar-refractivity contribution < 1.29 is 101 Å². The third-order valence-electron chi connectivity index (χ3n) is 3.57. The summed E-state index contributed by atoms with van der Waals surface area (Å²) in [5, 5.41) is 0. The van der Waals surface area contributed by atoms with Gasteiger partial charge in [-0.1, -0.05) is 0 Å². The van der Waals surface area contributed by atoms with Gasteiger partial charge in [0.05, 0.1) is 0 Å². The molecule has 1 unspecified atom stereocenters. The number of rotatable bonds is 5. The molecule has 33 heavy (non-hydrogen) atoms. The van der Waals surface area contributed by atoms with Gasteiger partial charge in [0.1, 0.15) is 0 Å². The first-order valence-electron chi connectivity index (χ1n) is 6.57. The zero-order valence-electron chi connectivity index (χ0n) is 13.7. The maximum atomic E-state index is 14.0. The normalized spacial score (nSPS) is 18.4. The van der Waals surface area contributed by atoms with Gasteiger partial charge in [0.25, 0.3) is 5.41 Å². The van der Waals surface area contributed by atoms with Gasteiger partial charge in [0, 0.05) is 0 Å². The van der Waals surface area contributed by atoms with Crippen molar-refractivity contribution in [3.05, 3.63) is 0 Å². The van der Waals surface area contributed by atoms with E-state index in [4.69, 9.17) is 0 Å². The molecule has 200 valence electrons. The summed E-state index contributed by atoms with van der Waals surface area (Å²) in [4.78, 5) is 0. The summed E-state index contributed by atoms with van der Waals surface area (Å²) in [5.41, 5.74) is -9.97. The first-order valence-corrected chi connectivity index (χ1v) is 6.57.